The molecule has 2 aromatic rings. The minimum Gasteiger partial charge on any atom is -0.549 e. The Morgan fingerprint density at radius 1 is 1.29 bits per heavy atom. The molecule has 142 valence electrons. The molecule has 1 aromatic carbocycles. The standard InChI is InChI=1S/C20H17N3O3S2/c1-12-17(19(26)23-13-6-3-2-4-7-13)18(15-8-5-9-27-15)14(10-21)20(22-12)28-11-16(24)25/h2-9,17-18H,11H2,1H3,(H,23,26)(H,24,25)/p-1/t17?,18-/m1/s1. The number of carbonyl (C=O) groups excluding carboxylic acids is 2. The highest BCUT2D eigenvalue weighted by atomic mass is 32.2. The number of amides is 1. The number of carboxylic acids is 1. The first kappa shape index (κ1) is 19.9. The van der Waals surface area contributed by atoms with Crippen LogP contribution in [0.4, 0.5) is 5.69 Å². The van der Waals surface area contributed by atoms with Gasteiger partial charge in [-0.15, -0.1) is 11.3 Å². The lowest BCUT2D eigenvalue weighted by atomic mass is 9.80. The Labute approximate surface area is 170 Å². The molecule has 0 bridgehead atoms. The molecule has 2 atom stereocenters. The van der Waals surface area contributed by atoms with Gasteiger partial charge in [0.1, 0.15) is 5.03 Å². The summed E-state index contributed by atoms with van der Waals surface area (Å²) in [5, 5.41) is 25.7. The number of nitrogens with zero attached hydrogens (tertiary/aromatic N) is 2. The second kappa shape index (κ2) is 8.87. The molecular weight excluding hydrogens is 394 g/mol. The van der Waals surface area contributed by atoms with Crippen molar-refractivity contribution >= 4 is 46.4 Å². The number of aliphatic carboxylic acids is 1. The number of carbonyl (C=O) groups is 2. The number of hydrogen-bond acceptors (Lipinski definition) is 7. The number of thiophene rings is 1. The van der Waals surface area contributed by atoms with Crippen LogP contribution in [-0.4, -0.2) is 23.3 Å². The first-order valence-electron chi connectivity index (χ1n) is 8.42. The molecule has 1 unspecified atom stereocenters. The van der Waals surface area contributed by atoms with Crippen molar-refractivity contribution in [1.29, 1.82) is 5.26 Å². The van der Waals surface area contributed by atoms with Gasteiger partial charge in [-0.05, 0) is 30.5 Å². The summed E-state index contributed by atoms with van der Waals surface area (Å²) in [6, 6.07) is 15.0. The minimum absolute atomic E-state index is 0.262. The summed E-state index contributed by atoms with van der Waals surface area (Å²) >= 11 is 2.39. The lowest BCUT2D eigenvalue weighted by molar-refractivity contribution is -0.301. The number of anilines is 1. The fraction of sp³-hybridized carbons (Fsp3) is 0.200. The molecule has 1 aromatic heterocycles. The monoisotopic (exact) mass is 410 g/mol. The number of rotatable bonds is 6. The summed E-state index contributed by atoms with van der Waals surface area (Å²) in [6.07, 6.45) is 0. The summed E-state index contributed by atoms with van der Waals surface area (Å²) in [6.45, 7) is 1.73. The number of carboxylic acid groups (broad SMARTS) is 1. The zero-order chi connectivity index (χ0) is 20.1. The maximum atomic E-state index is 13.1. The Morgan fingerprint density at radius 2 is 2.04 bits per heavy atom. The highest BCUT2D eigenvalue weighted by molar-refractivity contribution is 8.03. The average molecular weight is 411 g/mol. The van der Waals surface area contributed by atoms with E-state index in [1.807, 2.05) is 35.7 Å². The molecule has 1 aliphatic rings. The van der Waals surface area contributed by atoms with Crippen molar-refractivity contribution in [2.75, 3.05) is 11.1 Å². The second-order valence-electron chi connectivity index (χ2n) is 6.07. The van der Waals surface area contributed by atoms with Crippen LogP contribution in [0.5, 0.6) is 0 Å². The Bertz CT molecular complexity index is 976. The predicted octanol–water partition coefficient (Wildman–Crippen LogP) is 2.78. The smallest absolute Gasteiger partial charge is 0.234 e. The summed E-state index contributed by atoms with van der Waals surface area (Å²) in [4.78, 5) is 29.2. The van der Waals surface area contributed by atoms with Crippen molar-refractivity contribution in [2.24, 2.45) is 10.9 Å². The second-order valence-corrected chi connectivity index (χ2v) is 8.01. The number of benzene rings is 1. The van der Waals surface area contributed by atoms with E-state index in [1.54, 1.807) is 19.1 Å². The molecule has 0 spiro atoms. The largest absolute Gasteiger partial charge is 0.549 e. The maximum absolute atomic E-state index is 13.1. The van der Waals surface area contributed by atoms with Gasteiger partial charge in [-0.1, -0.05) is 36.0 Å². The third-order valence-electron chi connectivity index (χ3n) is 4.22. The zero-order valence-corrected chi connectivity index (χ0v) is 16.5. The lowest BCUT2D eigenvalue weighted by Gasteiger charge is -2.30. The number of nitriles is 1. The van der Waals surface area contributed by atoms with Crippen LogP contribution in [0, 0.1) is 17.2 Å². The lowest BCUT2D eigenvalue weighted by Crippen LogP contribution is -2.36. The fourth-order valence-corrected chi connectivity index (χ4v) is 4.71. The zero-order valence-electron chi connectivity index (χ0n) is 14.9. The SMILES string of the molecule is CC1=NC(SCC(=O)[O-])=C(C#N)[C@H](c2cccs2)C1C(=O)Nc1ccccc1. The van der Waals surface area contributed by atoms with Gasteiger partial charge >= 0.3 is 0 Å². The third kappa shape index (κ3) is 4.32. The molecule has 0 fully saturated rings. The first-order valence-corrected chi connectivity index (χ1v) is 10.3. The Balaban J connectivity index is 2.00. The third-order valence-corrected chi connectivity index (χ3v) is 6.14. The van der Waals surface area contributed by atoms with Gasteiger partial charge < -0.3 is 15.2 Å². The molecule has 0 aliphatic carbocycles. The molecule has 1 amide bonds. The molecule has 0 saturated carbocycles. The average Bonchev–Trinajstić information content (AvgIpc) is 3.20. The van der Waals surface area contributed by atoms with Gasteiger partial charge in [0.25, 0.3) is 0 Å². The van der Waals surface area contributed by atoms with Crippen LogP contribution in [0.15, 0.2) is 63.4 Å². The van der Waals surface area contributed by atoms with Gasteiger partial charge in [-0.25, -0.2) is 4.99 Å². The highest BCUT2D eigenvalue weighted by Crippen LogP contribution is 2.43. The summed E-state index contributed by atoms with van der Waals surface area (Å²) in [5.74, 6) is -2.99. The van der Waals surface area contributed by atoms with Crippen LogP contribution in [0.1, 0.15) is 17.7 Å². The van der Waals surface area contributed by atoms with E-state index in [2.05, 4.69) is 16.4 Å². The van der Waals surface area contributed by atoms with E-state index >= 15 is 0 Å². The molecule has 2 heterocycles. The molecule has 6 nitrogen and oxygen atoms in total. The molecule has 3 rings (SSSR count). The molecular formula is C20H16N3O3S2-. The molecule has 0 saturated heterocycles. The quantitative estimate of drug-likeness (QED) is 0.788. The number of aliphatic imine (C=N–C) groups is 1. The van der Waals surface area contributed by atoms with Crippen molar-refractivity contribution in [3.05, 3.63) is 63.3 Å². The van der Waals surface area contributed by atoms with Gasteiger partial charge in [0.15, 0.2) is 0 Å². The van der Waals surface area contributed by atoms with E-state index in [9.17, 15) is 20.0 Å². The van der Waals surface area contributed by atoms with Gasteiger partial charge in [-0.3, -0.25) is 4.79 Å². The van der Waals surface area contributed by atoms with Crippen LogP contribution < -0.4 is 10.4 Å². The Hall–Kier alpha value is -2.89. The van der Waals surface area contributed by atoms with Crippen LogP contribution in [-0.2, 0) is 9.59 Å². The van der Waals surface area contributed by atoms with Gasteiger partial charge in [0.2, 0.25) is 5.91 Å². The topological polar surface area (TPSA) is 105 Å². The molecule has 1 aliphatic heterocycles. The van der Waals surface area contributed by atoms with Crippen molar-refractivity contribution < 1.29 is 14.7 Å². The van der Waals surface area contributed by atoms with E-state index in [0.29, 0.717) is 22.0 Å². The van der Waals surface area contributed by atoms with Crippen molar-refractivity contribution in [3.63, 3.8) is 0 Å². The highest BCUT2D eigenvalue weighted by Gasteiger charge is 2.40. The van der Waals surface area contributed by atoms with Crippen molar-refractivity contribution in [1.82, 2.24) is 0 Å². The Morgan fingerprint density at radius 3 is 2.64 bits per heavy atom. The maximum Gasteiger partial charge on any atom is 0.234 e. The van der Waals surface area contributed by atoms with E-state index in [4.69, 9.17) is 0 Å². The Kier molecular flexibility index (Phi) is 6.29. The van der Waals surface area contributed by atoms with Crippen LogP contribution in [0.25, 0.3) is 0 Å². The number of thioether (sulfide) groups is 1. The van der Waals surface area contributed by atoms with Gasteiger partial charge in [0.05, 0.1) is 23.5 Å². The summed E-state index contributed by atoms with van der Waals surface area (Å²) in [7, 11) is 0. The van der Waals surface area contributed by atoms with Crippen LogP contribution in [0.2, 0.25) is 0 Å². The molecule has 0 radical (unpaired) electrons. The minimum atomic E-state index is -1.24. The molecule has 8 heteroatoms. The number of nitrogens with one attached hydrogen (secondary N) is 1. The first-order chi connectivity index (χ1) is 13.5. The van der Waals surface area contributed by atoms with Crippen LogP contribution in [0.3, 0.4) is 0 Å². The van der Waals surface area contributed by atoms with E-state index < -0.39 is 17.8 Å². The van der Waals surface area contributed by atoms with Crippen molar-refractivity contribution in [3.8, 4) is 6.07 Å². The molecule has 28 heavy (non-hydrogen) atoms. The number of hydrogen-bond donors (Lipinski definition) is 1. The van der Waals surface area contributed by atoms with Crippen molar-refractivity contribution in [2.45, 2.75) is 12.8 Å². The van der Waals surface area contributed by atoms with Crippen LogP contribution >= 0.6 is 23.1 Å². The fourth-order valence-electron chi connectivity index (χ4n) is 3.04. The number of allylic oxidation sites excluding steroid dienone is 1. The summed E-state index contributed by atoms with van der Waals surface area (Å²) < 4.78 is 0. The van der Waals surface area contributed by atoms with Gasteiger partial charge in [0, 0.05) is 27.9 Å². The summed E-state index contributed by atoms with van der Waals surface area (Å²) in [5.41, 5.74) is 1.49. The van der Waals surface area contributed by atoms with E-state index in [-0.39, 0.29) is 11.7 Å². The normalized spacial score (nSPS) is 18.9. The number of para-hydroxylation sites is 1. The van der Waals surface area contributed by atoms with E-state index in [0.717, 1.165) is 16.6 Å². The molecule has 1 N–H and O–H groups in total. The van der Waals surface area contributed by atoms with Gasteiger partial charge in [-0.2, -0.15) is 5.26 Å². The predicted molar refractivity (Wildman–Crippen MR) is 109 cm³/mol. The van der Waals surface area contributed by atoms with E-state index in [1.165, 1.54) is 11.3 Å².